The number of nitrogens with zero attached hydrogens (tertiary/aromatic N) is 1. The average molecular weight is 219 g/mol. The molecule has 1 aromatic rings. The minimum absolute atomic E-state index is 0.355. The van der Waals surface area contributed by atoms with E-state index in [4.69, 9.17) is 5.11 Å². The van der Waals surface area contributed by atoms with Gasteiger partial charge in [0.25, 0.3) is 0 Å². The van der Waals surface area contributed by atoms with Crippen LogP contribution in [0.3, 0.4) is 0 Å². The number of hydrogen-bond donors (Lipinski definition) is 1. The smallest absolute Gasteiger partial charge is 0.335 e. The van der Waals surface area contributed by atoms with Gasteiger partial charge >= 0.3 is 5.97 Å². The van der Waals surface area contributed by atoms with Crippen LogP contribution in [0, 0.1) is 5.92 Å². The highest BCUT2D eigenvalue weighted by molar-refractivity contribution is 5.88. The third kappa shape index (κ3) is 2.35. The zero-order valence-electron chi connectivity index (χ0n) is 9.52. The van der Waals surface area contributed by atoms with Crippen LogP contribution in [-0.4, -0.2) is 24.2 Å². The van der Waals surface area contributed by atoms with Gasteiger partial charge in [-0.3, -0.25) is 0 Å². The number of rotatable bonds is 2. The van der Waals surface area contributed by atoms with Crippen LogP contribution in [0.2, 0.25) is 0 Å². The van der Waals surface area contributed by atoms with Crippen LogP contribution in [0.15, 0.2) is 24.3 Å². The largest absolute Gasteiger partial charge is 0.478 e. The Kier molecular flexibility index (Phi) is 3.13. The van der Waals surface area contributed by atoms with E-state index in [1.807, 2.05) is 12.1 Å². The number of aromatic carboxylic acids is 1. The highest BCUT2D eigenvalue weighted by Gasteiger charge is 2.16. The molecule has 1 aliphatic rings. The lowest BCUT2D eigenvalue weighted by Gasteiger charge is -2.32. The van der Waals surface area contributed by atoms with Gasteiger partial charge in [0, 0.05) is 18.8 Å². The highest BCUT2D eigenvalue weighted by atomic mass is 16.4. The molecule has 86 valence electrons. The molecule has 1 aliphatic heterocycles. The summed E-state index contributed by atoms with van der Waals surface area (Å²) in [5, 5.41) is 8.81. The van der Waals surface area contributed by atoms with Crippen LogP contribution in [0.5, 0.6) is 0 Å². The van der Waals surface area contributed by atoms with Gasteiger partial charge < -0.3 is 10.0 Å². The molecule has 2 rings (SSSR count). The van der Waals surface area contributed by atoms with Crippen molar-refractivity contribution in [2.75, 3.05) is 18.0 Å². The fourth-order valence-corrected chi connectivity index (χ4v) is 2.24. The summed E-state index contributed by atoms with van der Waals surface area (Å²) < 4.78 is 0. The number of benzene rings is 1. The van der Waals surface area contributed by atoms with Crippen molar-refractivity contribution >= 4 is 11.7 Å². The molecule has 1 atom stereocenters. The first-order valence-corrected chi connectivity index (χ1v) is 5.75. The third-order valence-electron chi connectivity index (χ3n) is 3.14. The standard InChI is InChI=1S/C13H17NO2/c1-10-3-2-8-14(9-10)12-6-4-11(5-7-12)13(15)16/h4-7,10H,2-3,8-9H2,1H3,(H,15,16). The molecule has 0 aliphatic carbocycles. The van der Waals surface area contributed by atoms with Crippen molar-refractivity contribution in [2.45, 2.75) is 19.8 Å². The third-order valence-corrected chi connectivity index (χ3v) is 3.14. The molecule has 0 amide bonds. The molecule has 1 saturated heterocycles. The van der Waals surface area contributed by atoms with Crippen molar-refractivity contribution in [3.8, 4) is 0 Å². The summed E-state index contributed by atoms with van der Waals surface area (Å²) in [6, 6.07) is 7.16. The van der Waals surface area contributed by atoms with Gasteiger partial charge in [-0.25, -0.2) is 4.79 Å². The molecule has 0 radical (unpaired) electrons. The molecule has 0 spiro atoms. The van der Waals surface area contributed by atoms with Crippen molar-refractivity contribution in [3.63, 3.8) is 0 Å². The first kappa shape index (κ1) is 11.0. The summed E-state index contributed by atoms with van der Waals surface area (Å²) in [7, 11) is 0. The molecule has 1 N–H and O–H groups in total. The molecule has 0 bridgehead atoms. The topological polar surface area (TPSA) is 40.5 Å². The van der Waals surface area contributed by atoms with Gasteiger partial charge in [0.15, 0.2) is 0 Å². The Morgan fingerprint density at radius 1 is 1.38 bits per heavy atom. The van der Waals surface area contributed by atoms with E-state index in [9.17, 15) is 4.79 Å². The van der Waals surface area contributed by atoms with Gasteiger partial charge in [0.1, 0.15) is 0 Å². The molecule has 1 aromatic carbocycles. The van der Waals surface area contributed by atoms with Gasteiger partial charge in [-0.1, -0.05) is 6.92 Å². The van der Waals surface area contributed by atoms with Gasteiger partial charge in [0.2, 0.25) is 0 Å². The van der Waals surface area contributed by atoms with Gasteiger partial charge in [-0.05, 0) is 43.0 Å². The predicted molar refractivity (Wildman–Crippen MR) is 64.0 cm³/mol. The molecular weight excluding hydrogens is 202 g/mol. The lowest BCUT2D eigenvalue weighted by molar-refractivity contribution is 0.0697. The molecule has 1 heterocycles. The van der Waals surface area contributed by atoms with Crippen LogP contribution in [0.4, 0.5) is 5.69 Å². The van der Waals surface area contributed by atoms with Crippen molar-refractivity contribution in [1.82, 2.24) is 0 Å². The fourth-order valence-electron chi connectivity index (χ4n) is 2.24. The summed E-state index contributed by atoms with van der Waals surface area (Å²) in [5.41, 5.74) is 1.49. The Labute approximate surface area is 95.7 Å². The number of anilines is 1. The maximum atomic E-state index is 10.7. The van der Waals surface area contributed by atoms with Gasteiger partial charge in [-0.15, -0.1) is 0 Å². The summed E-state index contributed by atoms with van der Waals surface area (Å²) in [6.07, 6.45) is 2.52. The summed E-state index contributed by atoms with van der Waals surface area (Å²) in [6.45, 7) is 4.42. The monoisotopic (exact) mass is 219 g/mol. The minimum Gasteiger partial charge on any atom is -0.478 e. The maximum Gasteiger partial charge on any atom is 0.335 e. The second kappa shape index (κ2) is 4.56. The number of carboxylic acid groups (broad SMARTS) is 1. The predicted octanol–water partition coefficient (Wildman–Crippen LogP) is 2.62. The summed E-state index contributed by atoms with van der Waals surface area (Å²) in [4.78, 5) is 13.1. The Bertz CT molecular complexity index is 372. The number of carbonyl (C=O) groups is 1. The van der Waals surface area contributed by atoms with E-state index in [2.05, 4.69) is 11.8 Å². The van der Waals surface area contributed by atoms with E-state index < -0.39 is 5.97 Å². The second-order valence-corrected chi connectivity index (χ2v) is 4.55. The summed E-state index contributed by atoms with van der Waals surface area (Å²) in [5.74, 6) is -0.133. The van der Waals surface area contributed by atoms with Crippen LogP contribution >= 0.6 is 0 Å². The van der Waals surface area contributed by atoms with Crippen molar-refractivity contribution < 1.29 is 9.90 Å². The van der Waals surface area contributed by atoms with E-state index in [0.29, 0.717) is 5.56 Å². The Morgan fingerprint density at radius 3 is 2.62 bits per heavy atom. The number of carboxylic acids is 1. The van der Waals surface area contributed by atoms with E-state index in [-0.39, 0.29) is 0 Å². The maximum absolute atomic E-state index is 10.7. The van der Waals surface area contributed by atoms with Crippen LogP contribution in [0.25, 0.3) is 0 Å². The Hall–Kier alpha value is -1.51. The van der Waals surface area contributed by atoms with E-state index >= 15 is 0 Å². The Balaban J connectivity index is 2.11. The minimum atomic E-state index is -0.862. The Morgan fingerprint density at radius 2 is 2.06 bits per heavy atom. The van der Waals surface area contributed by atoms with E-state index in [1.165, 1.54) is 12.8 Å². The molecule has 16 heavy (non-hydrogen) atoms. The van der Waals surface area contributed by atoms with Crippen molar-refractivity contribution in [1.29, 1.82) is 0 Å². The van der Waals surface area contributed by atoms with Crippen LogP contribution in [-0.2, 0) is 0 Å². The molecule has 0 aromatic heterocycles. The van der Waals surface area contributed by atoms with E-state index in [1.54, 1.807) is 12.1 Å². The normalized spacial score (nSPS) is 20.8. The van der Waals surface area contributed by atoms with Crippen LogP contribution < -0.4 is 4.90 Å². The molecule has 1 unspecified atom stereocenters. The van der Waals surface area contributed by atoms with Gasteiger partial charge in [-0.2, -0.15) is 0 Å². The van der Waals surface area contributed by atoms with Crippen LogP contribution in [0.1, 0.15) is 30.1 Å². The fraction of sp³-hybridized carbons (Fsp3) is 0.462. The SMILES string of the molecule is CC1CCCN(c2ccc(C(=O)O)cc2)C1. The number of hydrogen-bond acceptors (Lipinski definition) is 2. The first-order chi connectivity index (χ1) is 7.66. The lowest BCUT2D eigenvalue weighted by atomic mass is 9.99. The molecule has 0 saturated carbocycles. The average Bonchev–Trinajstić information content (AvgIpc) is 2.29. The molecular formula is C13H17NO2. The highest BCUT2D eigenvalue weighted by Crippen LogP contribution is 2.23. The lowest BCUT2D eigenvalue weighted by Crippen LogP contribution is -2.34. The van der Waals surface area contributed by atoms with Crippen molar-refractivity contribution in [2.24, 2.45) is 5.92 Å². The van der Waals surface area contributed by atoms with Crippen molar-refractivity contribution in [3.05, 3.63) is 29.8 Å². The molecule has 1 fully saturated rings. The molecule has 3 heteroatoms. The second-order valence-electron chi connectivity index (χ2n) is 4.55. The number of piperidine rings is 1. The zero-order valence-corrected chi connectivity index (χ0v) is 9.52. The summed E-state index contributed by atoms with van der Waals surface area (Å²) >= 11 is 0. The first-order valence-electron chi connectivity index (χ1n) is 5.75. The molecule has 3 nitrogen and oxygen atoms in total. The van der Waals surface area contributed by atoms with E-state index in [0.717, 1.165) is 24.7 Å². The van der Waals surface area contributed by atoms with Gasteiger partial charge in [0.05, 0.1) is 5.56 Å². The zero-order chi connectivity index (χ0) is 11.5. The quantitative estimate of drug-likeness (QED) is 0.831.